The van der Waals surface area contributed by atoms with Crippen LogP contribution in [0.2, 0.25) is 0 Å². The van der Waals surface area contributed by atoms with Gasteiger partial charge in [-0.15, -0.1) is 0 Å². The van der Waals surface area contributed by atoms with Crippen LogP contribution in [0.1, 0.15) is 54.9 Å². The maximum Gasteiger partial charge on any atom is 0.159 e. The van der Waals surface area contributed by atoms with E-state index in [-0.39, 0.29) is 11.7 Å². The monoisotopic (exact) mass is 244 g/mol. The summed E-state index contributed by atoms with van der Waals surface area (Å²) >= 11 is 0. The molecule has 0 aliphatic heterocycles. The molecule has 0 spiro atoms. The Bertz CT molecular complexity index is 442. The molecule has 0 amide bonds. The lowest BCUT2D eigenvalue weighted by Gasteiger charge is -2.20. The molecular formula is C16H20O2. The van der Waals surface area contributed by atoms with Crippen LogP contribution in [0.15, 0.2) is 24.3 Å². The Hall–Kier alpha value is -1.44. The van der Waals surface area contributed by atoms with E-state index in [0.29, 0.717) is 17.8 Å². The summed E-state index contributed by atoms with van der Waals surface area (Å²) in [5, 5.41) is 0. The largest absolute Gasteiger partial charge is 0.299 e. The van der Waals surface area contributed by atoms with Gasteiger partial charge in [0.05, 0.1) is 0 Å². The van der Waals surface area contributed by atoms with Gasteiger partial charge in [-0.2, -0.15) is 0 Å². The van der Waals surface area contributed by atoms with Gasteiger partial charge in [-0.25, -0.2) is 0 Å². The van der Waals surface area contributed by atoms with Gasteiger partial charge in [-0.3, -0.25) is 9.59 Å². The second-order valence-electron chi connectivity index (χ2n) is 5.23. The van der Waals surface area contributed by atoms with Gasteiger partial charge in [0.2, 0.25) is 0 Å². The van der Waals surface area contributed by atoms with E-state index in [1.165, 1.54) is 19.3 Å². The number of hydrogen-bond acceptors (Lipinski definition) is 2. The minimum absolute atomic E-state index is 0.0574. The maximum absolute atomic E-state index is 12.2. The fourth-order valence-corrected chi connectivity index (χ4v) is 2.67. The smallest absolute Gasteiger partial charge is 0.159 e. The standard InChI is InChI=1S/C16H20O2/c1-12(17)15-9-5-6-13(10-15)11-16(18)14-7-3-2-4-8-14/h5-6,9-10,14H,2-4,7-8,11H2,1H3. The second-order valence-corrected chi connectivity index (χ2v) is 5.23. The lowest BCUT2D eigenvalue weighted by atomic mass is 9.84. The predicted molar refractivity (Wildman–Crippen MR) is 71.7 cm³/mol. The van der Waals surface area contributed by atoms with Crippen molar-refractivity contribution in [1.82, 2.24) is 0 Å². The van der Waals surface area contributed by atoms with Crippen molar-refractivity contribution < 1.29 is 9.59 Å². The molecule has 0 unspecified atom stereocenters. The molecule has 1 aromatic carbocycles. The quantitative estimate of drug-likeness (QED) is 0.759. The Labute approximate surface area is 108 Å². The molecule has 2 heteroatoms. The van der Waals surface area contributed by atoms with E-state index in [9.17, 15) is 9.59 Å². The lowest BCUT2D eigenvalue weighted by molar-refractivity contribution is -0.123. The van der Waals surface area contributed by atoms with Crippen LogP contribution >= 0.6 is 0 Å². The molecule has 2 rings (SSSR count). The molecule has 18 heavy (non-hydrogen) atoms. The molecule has 0 heterocycles. The Morgan fingerprint density at radius 2 is 1.89 bits per heavy atom. The summed E-state index contributed by atoms with van der Waals surface area (Å²) < 4.78 is 0. The third-order valence-electron chi connectivity index (χ3n) is 3.77. The van der Waals surface area contributed by atoms with Crippen LogP contribution in [0, 0.1) is 5.92 Å². The van der Waals surface area contributed by atoms with Gasteiger partial charge < -0.3 is 0 Å². The molecule has 1 fully saturated rings. The molecule has 0 aromatic heterocycles. The fraction of sp³-hybridized carbons (Fsp3) is 0.500. The van der Waals surface area contributed by atoms with Crippen molar-refractivity contribution in [2.75, 3.05) is 0 Å². The van der Waals surface area contributed by atoms with Crippen LogP contribution in [0.4, 0.5) is 0 Å². The zero-order valence-corrected chi connectivity index (χ0v) is 10.9. The minimum atomic E-state index is 0.0574. The highest BCUT2D eigenvalue weighted by atomic mass is 16.1. The lowest BCUT2D eigenvalue weighted by Crippen LogP contribution is -2.19. The van der Waals surface area contributed by atoms with E-state index in [1.54, 1.807) is 13.0 Å². The van der Waals surface area contributed by atoms with Crippen molar-refractivity contribution in [3.63, 3.8) is 0 Å². The highest BCUT2D eigenvalue weighted by Crippen LogP contribution is 2.25. The van der Waals surface area contributed by atoms with Gasteiger partial charge in [-0.05, 0) is 31.4 Å². The summed E-state index contributed by atoms with van der Waals surface area (Å²) in [4.78, 5) is 23.5. The molecule has 0 saturated heterocycles. The van der Waals surface area contributed by atoms with Crippen LogP contribution in [-0.2, 0) is 11.2 Å². The van der Waals surface area contributed by atoms with Crippen LogP contribution in [-0.4, -0.2) is 11.6 Å². The number of carbonyl (C=O) groups is 2. The van der Waals surface area contributed by atoms with Crippen molar-refractivity contribution in [3.05, 3.63) is 35.4 Å². The molecule has 0 bridgehead atoms. The highest BCUT2D eigenvalue weighted by Gasteiger charge is 2.21. The number of ketones is 2. The number of rotatable bonds is 4. The van der Waals surface area contributed by atoms with E-state index >= 15 is 0 Å². The molecule has 0 radical (unpaired) electrons. The van der Waals surface area contributed by atoms with E-state index in [2.05, 4.69) is 0 Å². The topological polar surface area (TPSA) is 34.1 Å². The van der Waals surface area contributed by atoms with E-state index in [4.69, 9.17) is 0 Å². The number of benzene rings is 1. The minimum Gasteiger partial charge on any atom is -0.299 e. The van der Waals surface area contributed by atoms with Crippen molar-refractivity contribution in [1.29, 1.82) is 0 Å². The third kappa shape index (κ3) is 3.28. The summed E-state index contributed by atoms with van der Waals surface area (Å²) in [6.45, 7) is 1.56. The third-order valence-corrected chi connectivity index (χ3v) is 3.77. The van der Waals surface area contributed by atoms with Gasteiger partial charge in [0, 0.05) is 17.9 Å². The molecule has 96 valence electrons. The first-order chi connectivity index (χ1) is 8.66. The SMILES string of the molecule is CC(=O)c1cccc(CC(=O)C2CCCCC2)c1. The zero-order valence-electron chi connectivity index (χ0n) is 10.9. The fourth-order valence-electron chi connectivity index (χ4n) is 2.67. The molecule has 1 saturated carbocycles. The molecule has 0 atom stereocenters. The van der Waals surface area contributed by atoms with E-state index in [1.807, 2.05) is 18.2 Å². The molecule has 1 aromatic rings. The molecule has 2 nitrogen and oxygen atoms in total. The van der Waals surface area contributed by atoms with Crippen LogP contribution in [0.25, 0.3) is 0 Å². The van der Waals surface area contributed by atoms with E-state index < -0.39 is 0 Å². The summed E-state index contributed by atoms with van der Waals surface area (Å²) in [5.41, 5.74) is 1.67. The number of hydrogen-bond donors (Lipinski definition) is 0. The zero-order chi connectivity index (χ0) is 13.0. The Morgan fingerprint density at radius 1 is 1.17 bits per heavy atom. The predicted octanol–water partition coefficient (Wildman–Crippen LogP) is 3.58. The van der Waals surface area contributed by atoms with Crippen LogP contribution in [0.5, 0.6) is 0 Å². The average molecular weight is 244 g/mol. The maximum atomic E-state index is 12.2. The Morgan fingerprint density at radius 3 is 2.56 bits per heavy atom. The van der Waals surface area contributed by atoms with Gasteiger partial charge in [0.25, 0.3) is 0 Å². The first kappa shape index (κ1) is 13.0. The number of Topliss-reactive ketones (excluding diaryl/α,β-unsaturated/α-hetero) is 2. The molecule has 1 aliphatic rings. The van der Waals surface area contributed by atoms with Crippen molar-refractivity contribution >= 4 is 11.6 Å². The normalized spacial score (nSPS) is 16.5. The summed E-state index contributed by atoms with van der Waals surface area (Å²) in [5.74, 6) is 0.650. The molecular weight excluding hydrogens is 224 g/mol. The van der Waals surface area contributed by atoms with E-state index in [0.717, 1.165) is 18.4 Å². The average Bonchev–Trinajstić information content (AvgIpc) is 2.40. The van der Waals surface area contributed by atoms with Gasteiger partial charge >= 0.3 is 0 Å². The van der Waals surface area contributed by atoms with Crippen molar-refractivity contribution in [2.45, 2.75) is 45.4 Å². The first-order valence-corrected chi connectivity index (χ1v) is 6.79. The van der Waals surface area contributed by atoms with Crippen LogP contribution in [0.3, 0.4) is 0 Å². The Balaban J connectivity index is 2.02. The van der Waals surface area contributed by atoms with Gasteiger partial charge in [0.15, 0.2) is 5.78 Å². The molecule has 0 N–H and O–H groups in total. The first-order valence-electron chi connectivity index (χ1n) is 6.79. The van der Waals surface area contributed by atoms with Gasteiger partial charge in [0.1, 0.15) is 5.78 Å². The number of carbonyl (C=O) groups excluding carboxylic acids is 2. The van der Waals surface area contributed by atoms with Crippen LogP contribution < -0.4 is 0 Å². The summed E-state index contributed by atoms with van der Waals surface area (Å²) in [6.07, 6.45) is 6.21. The summed E-state index contributed by atoms with van der Waals surface area (Å²) in [6, 6.07) is 7.45. The second kappa shape index (κ2) is 5.94. The van der Waals surface area contributed by atoms with Crippen molar-refractivity contribution in [3.8, 4) is 0 Å². The highest BCUT2D eigenvalue weighted by molar-refractivity contribution is 5.94. The Kier molecular flexibility index (Phi) is 4.29. The molecule has 1 aliphatic carbocycles. The van der Waals surface area contributed by atoms with Crippen molar-refractivity contribution in [2.24, 2.45) is 5.92 Å². The summed E-state index contributed by atoms with van der Waals surface area (Å²) in [7, 11) is 0. The van der Waals surface area contributed by atoms with Gasteiger partial charge in [-0.1, -0.05) is 37.5 Å².